The van der Waals surface area contributed by atoms with Crippen molar-refractivity contribution in [3.63, 3.8) is 0 Å². The van der Waals surface area contributed by atoms with E-state index in [-0.39, 0.29) is 30.2 Å². The van der Waals surface area contributed by atoms with Gasteiger partial charge >= 0.3 is 0 Å². The normalized spacial score (nSPS) is 16.7. The molecule has 41 heavy (non-hydrogen) atoms. The van der Waals surface area contributed by atoms with Gasteiger partial charge in [0, 0.05) is 47.3 Å². The van der Waals surface area contributed by atoms with Crippen LogP contribution >= 0.6 is 12.2 Å². The van der Waals surface area contributed by atoms with Crippen LogP contribution in [0.25, 0.3) is 16.5 Å². The Morgan fingerprint density at radius 1 is 1.00 bits per heavy atom. The molecule has 3 heterocycles. The summed E-state index contributed by atoms with van der Waals surface area (Å²) >= 11 is 5.84. The van der Waals surface area contributed by atoms with Crippen molar-refractivity contribution in [3.05, 3.63) is 126 Å². The van der Waals surface area contributed by atoms with E-state index in [2.05, 4.69) is 38.1 Å². The largest absolute Gasteiger partial charge is 0.352 e. The van der Waals surface area contributed by atoms with E-state index in [1.54, 1.807) is 18.3 Å². The Morgan fingerprint density at radius 2 is 1.76 bits per heavy atom. The maximum absolute atomic E-state index is 13.7. The summed E-state index contributed by atoms with van der Waals surface area (Å²) in [7, 11) is 0. The highest BCUT2D eigenvalue weighted by Crippen LogP contribution is 2.41. The van der Waals surface area contributed by atoms with Crippen LogP contribution in [0.3, 0.4) is 0 Å². The standard InChI is InChI=1S/C33H30FN5OS/c1-21-20-27(22(2)39(21)25-15-13-24(34)14-16-25)32-31(29-11-5-6-18-35-29)37-33(41)38(32)19-17-30(40)36-28-12-7-9-23-8-3-4-10-26(23)28/h3-16,18,20,31-32H,17,19H2,1-2H3,(H,36,40)(H,37,41)/t31-,32-/m0/s1. The molecule has 6 rings (SSSR count). The lowest BCUT2D eigenvalue weighted by Gasteiger charge is -2.28. The van der Waals surface area contributed by atoms with Gasteiger partial charge in [-0.3, -0.25) is 9.78 Å². The number of nitrogens with zero attached hydrogens (tertiary/aromatic N) is 3. The molecule has 206 valence electrons. The topological polar surface area (TPSA) is 62.2 Å². The summed E-state index contributed by atoms with van der Waals surface area (Å²) in [6, 6.07) is 28.0. The smallest absolute Gasteiger partial charge is 0.226 e. The maximum Gasteiger partial charge on any atom is 0.226 e. The predicted molar refractivity (Wildman–Crippen MR) is 165 cm³/mol. The maximum atomic E-state index is 13.7. The molecule has 3 aromatic carbocycles. The first kappa shape index (κ1) is 26.7. The molecular formula is C33H30FN5OS. The van der Waals surface area contributed by atoms with Gasteiger partial charge < -0.3 is 20.1 Å². The van der Waals surface area contributed by atoms with Crippen LogP contribution in [0.1, 0.15) is 41.1 Å². The molecule has 0 unspecified atom stereocenters. The van der Waals surface area contributed by atoms with Crippen molar-refractivity contribution in [2.75, 3.05) is 11.9 Å². The van der Waals surface area contributed by atoms with Crippen molar-refractivity contribution in [2.24, 2.45) is 0 Å². The van der Waals surface area contributed by atoms with Gasteiger partial charge in [0.25, 0.3) is 0 Å². The van der Waals surface area contributed by atoms with E-state index in [4.69, 9.17) is 12.2 Å². The lowest BCUT2D eigenvalue weighted by molar-refractivity contribution is -0.116. The fourth-order valence-corrected chi connectivity index (χ4v) is 6.16. The van der Waals surface area contributed by atoms with Crippen LogP contribution in [-0.4, -0.2) is 32.0 Å². The zero-order valence-corrected chi connectivity index (χ0v) is 23.7. The predicted octanol–water partition coefficient (Wildman–Crippen LogP) is 6.78. The molecule has 6 nitrogen and oxygen atoms in total. The summed E-state index contributed by atoms with van der Waals surface area (Å²) in [5.74, 6) is -0.356. The number of amides is 1. The van der Waals surface area contributed by atoms with Crippen molar-refractivity contribution < 1.29 is 9.18 Å². The zero-order chi connectivity index (χ0) is 28.5. The Kier molecular flexibility index (Phi) is 7.24. The van der Waals surface area contributed by atoms with Gasteiger partial charge in [-0.15, -0.1) is 0 Å². The number of aryl methyl sites for hydroxylation is 1. The molecule has 0 spiro atoms. The number of fused-ring (bicyclic) bond motifs is 1. The minimum absolute atomic E-state index is 0.0824. The monoisotopic (exact) mass is 563 g/mol. The number of anilines is 1. The summed E-state index contributed by atoms with van der Waals surface area (Å²) in [6.07, 6.45) is 2.03. The van der Waals surface area contributed by atoms with Crippen LogP contribution in [0.4, 0.5) is 10.1 Å². The van der Waals surface area contributed by atoms with Gasteiger partial charge in [0.1, 0.15) is 5.82 Å². The number of carbonyl (C=O) groups excluding carboxylic acids is 1. The molecular weight excluding hydrogens is 533 g/mol. The molecule has 0 aliphatic carbocycles. The molecule has 0 bridgehead atoms. The number of pyridine rings is 1. The van der Waals surface area contributed by atoms with Crippen LogP contribution < -0.4 is 10.6 Å². The van der Waals surface area contributed by atoms with Gasteiger partial charge in [-0.25, -0.2) is 4.39 Å². The first-order valence-electron chi connectivity index (χ1n) is 13.6. The number of thiocarbonyl (C=S) groups is 1. The van der Waals surface area contributed by atoms with Crippen LogP contribution in [0.5, 0.6) is 0 Å². The summed E-state index contributed by atoms with van der Waals surface area (Å²) in [5.41, 5.74) is 5.67. The third kappa shape index (κ3) is 5.18. The van der Waals surface area contributed by atoms with Crippen LogP contribution in [0.15, 0.2) is 97.2 Å². The molecule has 2 N–H and O–H groups in total. The van der Waals surface area contributed by atoms with Crippen molar-refractivity contribution >= 4 is 39.7 Å². The Morgan fingerprint density at radius 3 is 2.54 bits per heavy atom. The summed E-state index contributed by atoms with van der Waals surface area (Å²) in [5, 5.41) is 9.23. The van der Waals surface area contributed by atoms with Crippen LogP contribution in [0, 0.1) is 19.7 Å². The molecule has 2 atom stereocenters. The van der Waals surface area contributed by atoms with Crippen molar-refractivity contribution in [1.29, 1.82) is 0 Å². The van der Waals surface area contributed by atoms with Gasteiger partial charge in [-0.1, -0.05) is 42.5 Å². The van der Waals surface area contributed by atoms with Crippen LogP contribution in [0.2, 0.25) is 0 Å². The third-order valence-corrected chi connectivity index (χ3v) is 8.07. The fourth-order valence-electron chi connectivity index (χ4n) is 5.83. The second-order valence-electron chi connectivity index (χ2n) is 10.3. The number of rotatable bonds is 7. The van der Waals surface area contributed by atoms with Gasteiger partial charge in [0.05, 0.1) is 17.8 Å². The number of halogens is 1. The Labute approximate surface area is 243 Å². The molecule has 1 fully saturated rings. The number of benzene rings is 3. The van der Waals surface area contributed by atoms with Crippen molar-refractivity contribution in [3.8, 4) is 5.69 Å². The molecule has 1 aliphatic heterocycles. The minimum Gasteiger partial charge on any atom is -0.352 e. The van der Waals surface area contributed by atoms with E-state index in [9.17, 15) is 9.18 Å². The highest BCUT2D eigenvalue weighted by atomic mass is 32.1. The lowest BCUT2D eigenvalue weighted by Crippen LogP contribution is -2.33. The van der Waals surface area contributed by atoms with E-state index in [1.165, 1.54) is 12.1 Å². The Bertz CT molecular complexity index is 1730. The van der Waals surface area contributed by atoms with Gasteiger partial charge in [0.15, 0.2) is 5.11 Å². The van der Waals surface area contributed by atoms with Gasteiger partial charge in [-0.05, 0) is 85.5 Å². The molecule has 1 amide bonds. The van der Waals surface area contributed by atoms with E-state index in [0.717, 1.165) is 44.8 Å². The Balaban J connectivity index is 1.31. The number of aromatic nitrogens is 2. The summed E-state index contributed by atoms with van der Waals surface area (Å²) in [4.78, 5) is 19.9. The number of nitrogens with one attached hydrogen (secondary N) is 2. The number of hydrogen-bond acceptors (Lipinski definition) is 3. The summed E-state index contributed by atoms with van der Waals surface area (Å²) < 4.78 is 15.8. The molecule has 5 aromatic rings. The van der Waals surface area contributed by atoms with Crippen LogP contribution in [-0.2, 0) is 4.79 Å². The molecule has 8 heteroatoms. The number of carbonyl (C=O) groups is 1. The van der Waals surface area contributed by atoms with Gasteiger partial charge in [0.2, 0.25) is 5.91 Å². The second kappa shape index (κ2) is 11.1. The summed E-state index contributed by atoms with van der Waals surface area (Å²) in [6.45, 7) is 4.53. The zero-order valence-electron chi connectivity index (χ0n) is 22.8. The number of hydrogen-bond donors (Lipinski definition) is 2. The lowest BCUT2D eigenvalue weighted by atomic mass is 9.96. The first-order valence-corrected chi connectivity index (χ1v) is 14.0. The molecule has 2 aromatic heterocycles. The minimum atomic E-state index is -0.273. The van der Waals surface area contributed by atoms with Crippen molar-refractivity contribution in [2.45, 2.75) is 32.4 Å². The van der Waals surface area contributed by atoms with E-state index in [0.29, 0.717) is 11.7 Å². The van der Waals surface area contributed by atoms with E-state index < -0.39 is 0 Å². The third-order valence-electron chi connectivity index (χ3n) is 7.72. The highest BCUT2D eigenvalue weighted by Gasteiger charge is 2.41. The van der Waals surface area contributed by atoms with Gasteiger partial charge in [-0.2, -0.15) is 0 Å². The molecule has 0 radical (unpaired) electrons. The Hall–Kier alpha value is -4.56. The first-order chi connectivity index (χ1) is 19.9. The second-order valence-corrected chi connectivity index (χ2v) is 10.7. The van der Waals surface area contributed by atoms with E-state index in [1.807, 2.05) is 67.6 Å². The average molecular weight is 564 g/mol. The molecule has 0 saturated carbocycles. The fraction of sp³-hybridized carbons (Fsp3) is 0.182. The average Bonchev–Trinajstić information content (AvgIpc) is 3.47. The quantitative estimate of drug-likeness (QED) is 0.214. The SMILES string of the molecule is Cc1cc([C@H]2[C@H](c3ccccn3)NC(=S)N2CCC(=O)Nc2cccc3ccccc23)c(C)n1-c1ccc(F)cc1. The van der Waals surface area contributed by atoms with Crippen molar-refractivity contribution in [1.82, 2.24) is 19.8 Å². The molecule has 1 saturated heterocycles. The molecule has 1 aliphatic rings. The highest BCUT2D eigenvalue weighted by molar-refractivity contribution is 7.80. The van der Waals surface area contributed by atoms with E-state index >= 15 is 0 Å².